The van der Waals surface area contributed by atoms with Crippen LogP contribution in [-0.2, 0) is 4.79 Å². The van der Waals surface area contributed by atoms with Crippen molar-refractivity contribution < 1.29 is 18.7 Å². The summed E-state index contributed by atoms with van der Waals surface area (Å²) in [4.78, 5) is 24.4. The Labute approximate surface area is 163 Å². The lowest BCUT2D eigenvalue weighted by Crippen LogP contribution is -2.39. The molecule has 2 rings (SSSR count). The predicted octanol–water partition coefficient (Wildman–Crippen LogP) is 3.43. The Morgan fingerprint density at radius 2 is 1.81 bits per heavy atom. The number of ether oxygens (including phenoxy) is 1. The highest BCUT2D eigenvalue weighted by atomic mass is 35.5. The fourth-order valence-electron chi connectivity index (χ4n) is 2.24. The highest BCUT2D eigenvalue weighted by molar-refractivity contribution is 6.05. The minimum Gasteiger partial charge on any atom is -0.495 e. The van der Waals surface area contributed by atoms with Gasteiger partial charge in [0.15, 0.2) is 0 Å². The van der Waals surface area contributed by atoms with Crippen molar-refractivity contribution in [2.24, 2.45) is 11.7 Å². The number of nitrogens with one attached hydrogen (secondary N) is 2. The maximum absolute atomic E-state index is 13.3. The summed E-state index contributed by atoms with van der Waals surface area (Å²) >= 11 is 0. The largest absolute Gasteiger partial charge is 0.495 e. The van der Waals surface area contributed by atoms with Gasteiger partial charge >= 0.3 is 0 Å². The van der Waals surface area contributed by atoms with Crippen LogP contribution in [0.3, 0.4) is 0 Å². The second-order valence-electron chi connectivity index (χ2n) is 6.14. The molecule has 2 amide bonds. The molecule has 0 aliphatic heterocycles. The Bertz CT molecular complexity index is 815. The standard InChI is InChI=1S/C19H22FN3O3.ClH/c1-11(2)17(21)19(25)22-14-7-8-16(26-3)15(10-14)23-18(24)12-5-4-6-13(20)9-12;/h4-11,17H,21H2,1-3H3,(H,22,25)(H,23,24);1H. The molecule has 27 heavy (non-hydrogen) atoms. The van der Waals surface area contributed by atoms with Gasteiger partial charge in [0.1, 0.15) is 11.6 Å². The zero-order valence-corrected chi connectivity index (χ0v) is 16.1. The SMILES string of the molecule is COc1ccc(NC(=O)C(N)C(C)C)cc1NC(=O)c1cccc(F)c1.Cl. The molecule has 2 aromatic carbocycles. The lowest BCUT2D eigenvalue weighted by Gasteiger charge is -2.17. The number of nitrogens with two attached hydrogens (primary N) is 1. The van der Waals surface area contributed by atoms with E-state index in [1.807, 2.05) is 13.8 Å². The van der Waals surface area contributed by atoms with E-state index in [1.54, 1.807) is 18.2 Å². The summed E-state index contributed by atoms with van der Waals surface area (Å²) in [5.74, 6) is -0.938. The Hall–Kier alpha value is -2.64. The molecule has 8 heteroatoms. The van der Waals surface area contributed by atoms with E-state index in [2.05, 4.69) is 10.6 Å². The van der Waals surface area contributed by atoms with Gasteiger partial charge in [-0.2, -0.15) is 0 Å². The number of rotatable bonds is 6. The number of methoxy groups -OCH3 is 1. The van der Waals surface area contributed by atoms with Crippen LogP contribution in [0.1, 0.15) is 24.2 Å². The number of carbonyl (C=O) groups excluding carboxylic acids is 2. The molecule has 0 fully saturated rings. The minimum absolute atomic E-state index is 0. The summed E-state index contributed by atoms with van der Waals surface area (Å²) < 4.78 is 18.5. The predicted molar refractivity (Wildman–Crippen MR) is 106 cm³/mol. The van der Waals surface area contributed by atoms with E-state index in [0.29, 0.717) is 17.1 Å². The molecular formula is C19H23ClFN3O3. The number of hydrogen-bond acceptors (Lipinski definition) is 4. The average molecular weight is 396 g/mol. The van der Waals surface area contributed by atoms with E-state index in [4.69, 9.17) is 10.5 Å². The molecule has 0 saturated heterocycles. The van der Waals surface area contributed by atoms with Crippen LogP contribution >= 0.6 is 12.4 Å². The number of hydrogen-bond donors (Lipinski definition) is 3. The van der Waals surface area contributed by atoms with Crippen molar-refractivity contribution in [3.8, 4) is 5.75 Å². The third kappa shape index (κ3) is 5.94. The summed E-state index contributed by atoms with van der Waals surface area (Å²) in [6, 6.07) is 9.49. The number of carbonyl (C=O) groups is 2. The third-order valence-electron chi connectivity index (χ3n) is 3.82. The van der Waals surface area contributed by atoms with Crippen LogP contribution in [0, 0.1) is 11.7 Å². The summed E-state index contributed by atoms with van der Waals surface area (Å²) in [5, 5.41) is 5.36. The summed E-state index contributed by atoms with van der Waals surface area (Å²) in [6.45, 7) is 3.70. The van der Waals surface area contributed by atoms with Gasteiger partial charge in [-0.1, -0.05) is 19.9 Å². The highest BCUT2D eigenvalue weighted by Gasteiger charge is 2.18. The minimum atomic E-state index is -0.651. The molecule has 0 aromatic heterocycles. The van der Waals surface area contributed by atoms with Gasteiger partial charge in [-0.05, 0) is 42.3 Å². The van der Waals surface area contributed by atoms with E-state index in [0.717, 1.165) is 6.07 Å². The monoisotopic (exact) mass is 395 g/mol. The molecule has 0 bridgehead atoms. The molecule has 0 saturated carbocycles. The van der Waals surface area contributed by atoms with Crippen LogP contribution in [-0.4, -0.2) is 25.0 Å². The Kier molecular flexibility index (Phi) is 8.21. The van der Waals surface area contributed by atoms with Gasteiger partial charge in [0, 0.05) is 11.3 Å². The van der Waals surface area contributed by atoms with Crippen LogP contribution in [0.15, 0.2) is 42.5 Å². The van der Waals surface area contributed by atoms with E-state index < -0.39 is 17.8 Å². The normalized spacial score (nSPS) is 11.3. The first-order valence-corrected chi connectivity index (χ1v) is 8.13. The smallest absolute Gasteiger partial charge is 0.255 e. The van der Waals surface area contributed by atoms with Crippen LogP contribution in [0.4, 0.5) is 15.8 Å². The molecule has 1 atom stereocenters. The van der Waals surface area contributed by atoms with Crippen LogP contribution in [0.25, 0.3) is 0 Å². The zero-order chi connectivity index (χ0) is 19.3. The summed E-state index contributed by atoms with van der Waals surface area (Å²) in [7, 11) is 1.46. The first-order chi connectivity index (χ1) is 12.3. The molecule has 2 aromatic rings. The summed E-state index contributed by atoms with van der Waals surface area (Å²) in [5.41, 5.74) is 6.81. The maximum Gasteiger partial charge on any atom is 0.255 e. The van der Waals surface area contributed by atoms with Gasteiger partial charge in [-0.25, -0.2) is 4.39 Å². The van der Waals surface area contributed by atoms with Crippen molar-refractivity contribution in [2.45, 2.75) is 19.9 Å². The van der Waals surface area contributed by atoms with Gasteiger partial charge in [0.05, 0.1) is 18.8 Å². The quantitative estimate of drug-likeness (QED) is 0.698. The molecule has 0 aliphatic carbocycles. The Morgan fingerprint density at radius 3 is 2.41 bits per heavy atom. The van der Waals surface area contributed by atoms with Gasteiger partial charge in [0.25, 0.3) is 5.91 Å². The lowest BCUT2D eigenvalue weighted by atomic mass is 10.0. The van der Waals surface area contributed by atoms with Crippen LogP contribution < -0.4 is 21.1 Å². The first-order valence-electron chi connectivity index (χ1n) is 8.13. The highest BCUT2D eigenvalue weighted by Crippen LogP contribution is 2.28. The molecule has 0 spiro atoms. The average Bonchev–Trinajstić information content (AvgIpc) is 2.61. The van der Waals surface area contributed by atoms with Crippen LogP contribution in [0.5, 0.6) is 5.75 Å². The third-order valence-corrected chi connectivity index (χ3v) is 3.82. The van der Waals surface area contributed by atoms with Gasteiger partial charge in [-0.15, -0.1) is 12.4 Å². The van der Waals surface area contributed by atoms with Crippen molar-refractivity contribution in [1.29, 1.82) is 0 Å². The molecule has 1 unspecified atom stereocenters. The number of amides is 2. The van der Waals surface area contributed by atoms with Crippen LogP contribution in [0.2, 0.25) is 0 Å². The maximum atomic E-state index is 13.3. The topological polar surface area (TPSA) is 93.4 Å². The molecule has 6 nitrogen and oxygen atoms in total. The fraction of sp³-hybridized carbons (Fsp3) is 0.263. The van der Waals surface area contributed by atoms with E-state index >= 15 is 0 Å². The molecule has 146 valence electrons. The van der Waals surface area contributed by atoms with Crippen molar-refractivity contribution in [3.05, 3.63) is 53.8 Å². The van der Waals surface area contributed by atoms with Crippen molar-refractivity contribution in [1.82, 2.24) is 0 Å². The van der Waals surface area contributed by atoms with E-state index in [1.165, 1.54) is 25.3 Å². The van der Waals surface area contributed by atoms with Crippen molar-refractivity contribution in [2.75, 3.05) is 17.7 Å². The van der Waals surface area contributed by atoms with Crippen molar-refractivity contribution >= 4 is 35.6 Å². The van der Waals surface area contributed by atoms with Gasteiger partial charge in [-0.3, -0.25) is 9.59 Å². The number of benzene rings is 2. The first kappa shape index (κ1) is 22.4. The van der Waals surface area contributed by atoms with Gasteiger partial charge in [0.2, 0.25) is 5.91 Å². The molecule has 0 heterocycles. The Morgan fingerprint density at radius 1 is 1.11 bits per heavy atom. The fourth-order valence-corrected chi connectivity index (χ4v) is 2.24. The lowest BCUT2D eigenvalue weighted by molar-refractivity contribution is -0.118. The van der Waals surface area contributed by atoms with E-state index in [-0.39, 0.29) is 29.8 Å². The molecule has 0 aliphatic rings. The molecule has 4 N–H and O–H groups in total. The number of halogens is 2. The second kappa shape index (κ2) is 9.89. The summed E-state index contributed by atoms with van der Waals surface area (Å²) in [6.07, 6.45) is 0. The second-order valence-corrected chi connectivity index (χ2v) is 6.14. The zero-order valence-electron chi connectivity index (χ0n) is 15.3. The molecule has 0 radical (unpaired) electrons. The van der Waals surface area contributed by atoms with E-state index in [9.17, 15) is 14.0 Å². The Balaban J connectivity index is 0.00000364. The van der Waals surface area contributed by atoms with Gasteiger partial charge < -0.3 is 21.1 Å². The van der Waals surface area contributed by atoms with Crippen molar-refractivity contribution in [3.63, 3.8) is 0 Å². The number of anilines is 2. The molecular weight excluding hydrogens is 373 g/mol.